The van der Waals surface area contributed by atoms with Crippen LogP contribution in [-0.4, -0.2) is 41.9 Å². The van der Waals surface area contributed by atoms with Crippen LogP contribution in [0.4, 0.5) is 0 Å². The van der Waals surface area contributed by atoms with Gasteiger partial charge in [0.15, 0.2) is 0 Å². The van der Waals surface area contributed by atoms with E-state index in [1.807, 2.05) is 6.08 Å². The molecule has 0 aliphatic rings. The van der Waals surface area contributed by atoms with E-state index >= 15 is 0 Å². The van der Waals surface area contributed by atoms with Crippen LogP contribution in [0.5, 0.6) is 0 Å². The Hall–Kier alpha value is -1.44. The Bertz CT molecular complexity index is 1060. The van der Waals surface area contributed by atoms with Crippen molar-refractivity contribution in [2.24, 2.45) is 0 Å². The molecule has 0 aromatic carbocycles. The van der Waals surface area contributed by atoms with E-state index in [9.17, 15) is 22.9 Å². The van der Waals surface area contributed by atoms with Gasteiger partial charge >= 0.3 is 0 Å². The lowest BCUT2D eigenvalue weighted by Crippen LogP contribution is -2.46. The average molecular weight is 836 g/mol. The maximum atomic E-state index is 12.6. The van der Waals surface area contributed by atoms with E-state index in [0.29, 0.717) is 6.42 Å². The van der Waals surface area contributed by atoms with Gasteiger partial charge in [0, 0.05) is 6.42 Å². The Kier molecular flexibility index (Phi) is 44.0. The molecule has 2 unspecified atom stereocenters. The molecule has 7 heteroatoms. The molecule has 0 bridgehead atoms. The van der Waals surface area contributed by atoms with E-state index in [2.05, 4.69) is 43.5 Å². The Morgan fingerprint density at radius 2 is 0.776 bits per heavy atom. The molecule has 0 saturated carbocycles. The van der Waals surface area contributed by atoms with E-state index < -0.39 is 28.0 Å². The lowest BCUT2D eigenvalue weighted by atomic mass is 10.0. The van der Waals surface area contributed by atoms with Gasteiger partial charge in [-0.15, -0.1) is 0 Å². The first-order chi connectivity index (χ1) is 28.3. The molecule has 1 amide bonds. The van der Waals surface area contributed by atoms with Crippen molar-refractivity contribution >= 4 is 16.0 Å². The summed E-state index contributed by atoms with van der Waals surface area (Å²) in [5, 5.41) is 13.3. The number of rotatable bonds is 46. The first-order valence-electron chi connectivity index (χ1n) is 25.2. The van der Waals surface area contributed by atoms with Gasteiger partial charge < -0.3 is 10.4 Å². The highest BCUT2D eigenvalue weighted by Crippen LogP contribution is 2.16. The molecule has 0 aliphatic heterocycles. The van der Waals surface area contributed by atoms with Crippen molar-refractivity contribution in [2.45, 2.75) is 276 Å². The Labute approximate surface area is 361 Å². The smallest absolute Gasteiger partial charge is 0.267 e. The summed E-state index contributed by atoms with van der Waals surface area (Å²) in [4.78, 5) is 12.6. The van der Waals surface area contributed by atoms with Crippen LogP contribution in [0, 0.1) is 0 Å². The zero-order valence-electron chi connectivity index (χ0n) is 38.4. The van der Waals surface area contributed by atoms with Gasteiger partial charge in [-0.3, -0.25) is 9.35 Å². The molecule has 0 radical (unpaired) electrons. The standard InChI is InChI=1S/C51H97NO5S/c1-3-5-7-9-11-13-15-17-19-21-23-25-26-27-29-31-33-35-37-39-41-43-45-47-51(54)52-49(48-58(55,56)57)50(53)46-44-42-40-38-36-34-32-30-28-24-22-20-18-16-14-12-10-8-6-4-2/h15,17,21,23,44,46,49-50,53H,3-14,16,18-20,22,24-43,45,47-48H2,1-2H3,(H,52,54)(H,55,56,57)/b17-15-,23-21-,46-44+. The average Bonchev–Trinajstić information content (AvgIpc) is 3.19. The number of hydrogen-bond acceptors (Lipinski definition) is 4. The normalized spacial score (nSPS) is 13.4. The summed E-state index contributed by atoms with van der Waals surface area (Å²) < 4.78 is 32.7. The van der Waals surface area contributed by atoms with Gasteiger partial charge in [-0.1, -0.05) is 243 Å². The van der Waals surface area contributed by atoms with Crippen LogP contribution in [0.25, 0.3) is 0 Å². The van der Waals surface area contributed by atoms with Crippen LogP contribution in [-0.2, 0) is 14.9 Å². The number of aliphatic hydroxyl groups excluding tert-OH is 1. The predicted molar refractivity (Wildman–Crippen MR) is 253 cm³/mol. The fourth-order valence-electron chi connectivity index (χ4n) is 7.78. The summed E-state index contributed by atoms with van der Waals surface area (Å²) in [5.41, 5.74) is 0. The van der Waals surface area contributed by atoms with Crippen LogP contribution in [0.1, 0.15) is 264 Å². The second-order valence-corrected chi connectivity index (χ2v) is 18.9. The lowest BCUT2D eigenvalue weighted by molar-refractivity contribution is -0.122. The molecular formula is C51H97NO5S. The summed E-state index contributed by atoms with van der Waals surface area (Å²) in [5.74, 6) is -0.974. The molecule has 58 heavy (non-hydrogen) atoms. The number of unbranched alkanes of at least 4 members (excludes halogenated alkanes) is 34. The molecule has 0 aromatic heterocycles. The topological polar surface area (TPSA) is 104 Å². The molecular weight excluding hydrogens is 739 g/mol. The molecule has 0 aromatic rings. The number of hydrogen-bond donors (Lipinski definition) is 3. The van der Waals surface area contributed by atoms with E-state index in [1.54, 1.807) is 6.08 Å². The number of carbonyl (C=O) groups excluding carboxylic acids is 1. The fraction of sp³-hybridized carbons (Fsp3) is 0.863. The summed E-state index contributed by atoms with van der Waals surface area (Å²) in [7, 11) is -4.35. The van der Waals surface area contributed by atoms with Crippen molar-refractivity contribution in [1.29, 1.82) is 0 Å². The Balaban J connectivity index is 3.80. The third kappa shape index (κ3) is 45.6. The van der Waals surface area contributed by atoms with Crippen molar-refractivity contribution in [2.75, 3.05) is 5.75 Å². The number of amides is 1. The van der Waals surface area contributed by atoms with Gasteiger partial charge in [0.25, 0.3) is 10.1 Å². The first kappa shape index (κ1) is 56.6. The van der Waals surface area contributed by atoms with E-state index in [4.69, 9.17) is 0 Å². The van der Waals surface area contributed by atoms with Crippen LogP contribution >= 0.6 is 0 Å². The molecule has 0 rings (SSSR count). The van der Waals surface area contributed by atoms with Crippen molar-refractivity contribution in [3.05, 3.63) is 36.5 Å². The predicted octanol–water partition coefficient (Wildman–Crippen LogP) is 15.6. The van der Waals surface area contributed by atoms with Crippen LogP contribution < -0.4 is 5.32 Å². The van der Waals surface area contributed by atoms with Crippen LogP contribution in [0.2, 0.25) is 0 Å². The van der Waals surface area contributed by atoms with E-state index in [1.165, 1.54) is 199 Å². The molecule has 0 heterocycles. The van der Waals surface area contributed by atoms with Gasteiger partial charge in [0.1, 0.15) is 0 Å². The minimum atomic E-state index is -4.35. The zero-order chi connectivity index (χ0) is 42.5. The molecule has 342 valence electrons. The minimum Gasteiger partial charge on any atom is -0.387 e. The maximum Gasteiger partial charge on any atom is 0.267 e. The maximum absolute atomic E-state index is 12.6. The second kappa shape index (κ2) is 45.1. The summed E-state index contributed by atoms with van der Waals surface area (Å²) in [6.45, 7) is 4.54. The SMILES string of the molecule is CCCCCCC/C=C\C/C=C\CCCCCCCCCCCCCC(=O)NC(CS(=O)(=O)O)C(O)/C=C/CCCCCCCCCCCCCCCCCCCC. The van der Waals surface area contributed by atoms with Gasteiger partial charge in [-0.05, 0) is 51.4 Å². The first-order valence-corrected chi connectivity index (χ1v) is 26.8. The van der Waals surface area contributed by atoms with Crippen LogP contribution in [0.3, 0.4) is 0 Å². The molecule has 3 N–H and O–H groups in total. The summed E-state index contributed by atoms with van der Waals surface area (Å²) in [6, 6.07) is -1.06. The highest BCUT2D eigenvalue weighted by molar-refractivity contribution is 7.85. The number of carbonyl (C=O) groups is 1. The molecule has 0 saturated heterocycles. The van der Waals surface area contributed by atoms with Gasteiger partial charge in [0.2, 0.25) is 5.91 Å². The fourth-order valence-corrected chi connectivity index (χ4v) is 8.51. The second-order valence-electron chi connectivity index (χ2n) is 17.4. The highest BCUT2D eigenvalue weighted by Gasteiger charge is 2.24. The van der Waals surface area contributed by atoms with Gasteiger partial charge in [0.05, 0.1) is 17.9 Å². The van der Waals surface area contributed by atoms with E-state index in [-0.39, 0.29) is 5.91 Å². The minimum absolute atomic E-state index is 0.277. The number of nitrogens with one attached hydrogen (secondary N) is 1. The Morgan fingerprint density at radius 1 is 0.466 bits per heavy atom. The quantitative estimate of drug-likeness (QED) is 0.0322. The highest BCUT2D eigenvalue weighted by atomic mass is 32.2. The molecule has 2 atom stereocenters. The third-order valence-corrected chi connectivity index (χ3v) is 12.3. The summed E-state index contributed by atoms with van der Waals surface area (Å²) in [6.07, 6.45) is 60.0. The third-order valence-electron chi connectivity index (χ3n) is 11.6. The monoisotopic (exact) mass is 836 g/mol. The van der Waals surface area contributed by atoms with Crippen molar-refractivity contribution in [3.63, 3.8) is 0 Å². The largest absolute Gasteiger partial charge is 0.387 e. The molecule has 0 fully saturated rings. The van der Waals surface area contributed by atoms with Crippen LogP contribution in [0.15, 0.2) is 36.5 Å². The molecule has 6 nitrogen and oxygen atoms in total. The molecule has 0 aliphatic carbocycles. The zero-order valence-corrected chi connectivity index (χ0v) is 39.2. The Morgan fingerprint density at radius 3 is 1.12 bits per heavy atom. The van der Waals surface area contributed by atoms with Crippen molar-refractivity contribution < 1.29 is 22.9 Å². The van der Waals surface area contributed by atoms with Crippen molar-refractivity contribution in [3.8, 4) is 0 Å². The van der Waals surface area contributed by atoms with Crippen molar-refractivity contribution in [1.82, 2.24) is 5.32 Å². The molecule has 0 spiro atoms. The van der Waals surface area contributed by atoms with Gasteiger partial charge in [-0.2, -0.15) is 8.42 Å². The lowest BCUT2D eigenvalue weighted by Gasteiger charge is -2.21. The summed E-state index contributed by atoms with van der Waals surface area (Å²) >= 11 is 0. The van der Waals surface area contributed by atoms with E-state index in [0.717, 1.165) is 44.9 Å². The number of allylic oxidation sites excluding steroid dienone is 5. The number of aliphatic hydroxyl groups is 1. The van der Waals surface area contributed by atoms with Gasteiger partial charge in [-0.25, -0.2) is 0 Å².